The predicted molar refractivity (Wildman–Crippen MR) is 66.7 cm³/mol. The molecule has 0 radical (unpaired) electrons. The largest absolute Gasteiger partial charge is 0.0651 e. The van der Waals surface area contributed by atoms with Crippen molar-refractivity contribution in [3.05, 3.63) is 0 Å². The molecule has 0 aliphatic heterocycles. The van der Waals surface area contributed by atoms with Crippen LogP contribution in [0.15, 0.2) is 0 Å². The molecule has 2 aliphatic carbocycles. The molecule has 0 N–H and O–H groups in total. The van der Waals surface area contributed by atoms with Crippen molar-refractivity contribution < 1.29 is 0 Å². The van der Waals surface area contributed by atoms with Crippen molar-refractivity contribution in [2.24, 2.45) is 35.0 Å². The third kappa shape index (κ3) is 1.65. The fourth-order valence-electron chi connectivity index (χ4n) is 4.11. The summed E-state index contributed by atoms with van der Waals surface area (Å²) >= 11 is 0. The van der Waals surface area contributed by atoms with Crippen LogP contribution < -0.4 is 0 Å². The Morgan fingerprint density at radius 3 is 2.27 bits per heavy atom. The fraction of sp³-hybridized carbons (Fsp3) is 1.00. The lowest BCUT2D eigenvalue weighted by Gasteiger charge is -2.18. The molecular weight excluding hydrogens is 180 g/mol. The highest BCUT2D eigenvalue weighted by Crippen LogP contribution is 2.86. The quantitative estimate of drug-likeness (QED) is 0.591. The van der Waals surface area contributed by atoms with Crippen molar-refractivity contribution in [3.8, 4) is 0 Å². The molecule has 0 spiro atoms. The lowest BCUT2D eigenvalue weighted by atomic mass is 9.87. The molecule has 0 heteroatoms. The van der Waals surface area contributed by atoms with Gasteiger partial charge in [0.25, 0.3) is 0 Å². The van der Waals surface area contributed by atoms with Gasteiger partial charge in [0.05, 0.1) is 0 Å². The van der Waals surface area contributed by atoms with Crippen LogP contribution in [-0.4, -0.2) is 0 Å². The third-order valence-corrected chi connectivity index (χ3v) is 5.76. The van der Waals surface area contributed by atoms with Gasteiger partial charge >= 0.3 is 0 Å². The molecule has 0 heterocycles. The molecule has 15 heavy (non-hydrogen) atoms. The molecule has 0 amide bonds. The highest BCUT2D eigenvalue weighted by Gasteiger charge is 2.81. The van der Waals surface area contributed by atoms with Crippen LogP contribution in [0.25, 0.3) is 0 Å². The van der Waals surface area contributed by atoms with Crippen LogP contribution in [-0.2, 0) is 0 Å². The summed E-state index contributed by atoms with van der Waals surface area (Å²) in [6, 6.07) is 0. The summed E-state index contributed by atoms with van der Waals surface area (Å²) in [7, 11) is 0. The molecule has 5 unspecified atom stereocenters. The van der Waals surface area contributed by atoms with Gasteiger partial charge in [-0.25, -0.2) is 0 Å². The van der Waals surface area contributed by atoms with Gasteiger partial charge in [-0.2, -0.15) is 0 Å². The van der Waals surface area contributed by atoms with E-state index in [0.29, 0.717) is 0 Å². The van der Waals surface area contributed by atoms with Gasteiger partial charge in [-0.05, 0) is 41.4 Å². The highest BCUT2D eigenvalue weighted by atomic mass is 14.9. The van der Waals surface area contributed by atoms with Gasteiger partial charge < -0.3 is 0 Å². The van der Waals surface area contributed by atoms with Crippen molar-refractivity contribution in [3.63, 3.8) is 0 Å². The predicted octanol–water partition coefficient (Wildman–Crippen LogP) is 4.74. The van der Waals surface area contributed by atoms with E-state index in [9.17, 15) is 0 Å². The maximum Gasteiger partial charge on any atom is -0.0204 e. The lowest BCUT2D eigenvalue weighted by Crippen LogP contribution is -2.08. The molecule has 2 fully saturated rings. The Labute approximate surface area is 95.8 Å². The van der Waals surface area contributed by atoms with Gasteiger partial charge in [0.2, 0.25) is 0 Å². The first kappa shape index (κ1) is 11.5. The van der Waals surface area contributed by atoms with Crippen LogP contribution >= 0.6 is 0 Å². The number of hydrogen-bond donors (Lipinski definition) is 0. The fourth-order valence-corrected chi connectivity index (χ4v) is 4.11. The average Bonchev–Trinajstić information content (AvgIpc) is 3.02. The second-order valence-electron chi connectivity index (χ2n) is 6.56. The number of rotatable bonds is 6. The third-order valence-electron chi connectivity index (χ3n) is 5.76. The SMILES string of the molecule is CCC1C2C(C)C12CCCC(C)C(C)C. The van der Waals surface area contributed by atoms with Crippen LogP contribution in [0.4, 0.5) is 0 Å². The summed E-state index contributed by atoms with van der Waals surface area (Å²) < 4.78 is 0. The second kappa shape index (κ2) is 3.79. The van der Waals surface area contributed by atoms with Crippen LogP contribution in [0, 0.1) is 35.0 Å². The molecule has 0 bridgehead atoms. The van der Waals surface area contributed by atoms with Gasteiger partial charge in [-0.3, -0.25) is 0 Å². The highest BCUT2D eigenvalue weighted by molar-refractivity contribution is 5.29. The first-order valence-electron chi connectivity index (χ1n) is 7.05. The standard InChI is InChI=1S/C15H28/c1-6-13-14-12(5)15(13,14)9-7-8-11(4)10(2)3/h10-14H,6-9H2,1-5H3. The van der Waals surface area contributed by atoms with Crippen molar-refractivity contribution in [1.82, 2.24) is 0 Å². The van der Waals surface area contributed by atoms with Gasteiger partial charge in [0.15, 0.2) is 0 Å². The summed E-state index contributed by atoms with van der Waals surface area (Å²) in [5.41, 5.74) is 0.867. The molecule has 2 aliphatic rings. The molecule has 5 atom stereocenters. The molecule has 88 valence electrons. The van der Waals surface area contributed by atoms with E-state index in [1.807, 2.05) is 0 Å². The Hall–Kier alpha value is 0. The average molecular weight is 208 g/mol. The van der Waals surface area contributed by atoms with Crippen molar-refractivity contribution in [2.75, 3.05) is 0 Å². The van der Waals surface area contributed by atoms with Gasteiger partial charge in [0.1, 0.15) is 0 Å². The Kier molecular flexibility index (Phi) is 2.90. The zero-order valence-electron chi connectivity index (χ0n) is 11.2. The van der Waals surface area contributed by atoms with Crippen molar-refractivity contribution in [1.29, 1.82) is 0 Å². The zero-order chi connectivity index (χ0) is 11.2. The van der Waals surface area contributed by atoms with E-state index in [1.54, 1.807) is 0 Å². The normalized spacial score (nSPS) is 44.0. The molecule has 0 saturated heterocycles. The van der Waals surface area contributed by atoms with Crippen LogP contribution in [0.5, 0.6) is 0 Å². The summed E-state index contributed by atoms with van der Waals surface area (Å²) in [6.45, 7) is 12.0. The van der Waals surface area contributed by atoms with Gasteiger partial charge in [-0.15, -0.1) is 0 Å². The van der Waals surface area contributed by atoms with E-state index in [4.69, 9.17) is 0 Å². The minimum absolute atomic E-state index is 0.867. The minimum atomic E-state index is 0.867. The summed E-state index contributed by atoms with van der Waals surface area (Å²) in [5.74, 6) is 5.15. The van der Waals surface area contributed by atoms with Crippen LogP contribution in [0.3, 0.4) is 0 Å². The zero-order valence-corrected chi connectivity index (χ0v) is 11.2. The van der Waals surface area contributed by atoms with Crippen molar-refractivity contribution >= 4 is 0 Å². The first-order chi connectivity index (χ1) is 7.05. The molecule has 0 aromatic rings. The minimum Gasteiger partial charge on any atom is -0.0651 e. The first-order valence-corrected chi connectivity index (χ1v) is 7.05. The van der Waals surface area contributed by atoms with E-state index >= 15 is 0 Å². The van der Waals surface area contributed by atoms with Gasteiger partial charge in [0, 0.05) is 0 Å². The molecule has 2 saturated carbocycles. The summed E-state index contributed by atoms with van der Waals surface area (Å²) in [4.78, 5) is 0. The van der Waals surface area contributed by atoms with Crippen LogP contribution in [0.1, 0.15) is 60.3 Å². The van der Waals surface area contributed by atoms with E-state index in [1.165, 1.54) is 25.7 Å². The molecule has 0 aromatic heterocycles. The lowest BCUT2D eigenvalue weighted by molar-refractivity contribution is 0.324. The van der Waals surface area contributed by atoms with Gasteiger partial charge in [-0.1, -0.05) is 53.9 Å². The Balaban J connectivity index is 1.67. The molecule has 0 nitrogen and oxygen atoms in total. The molecular formula is C15H28. The van der Waals surface area contributed by atoms with E-state index in [-0.39, 0.29) is 0 Å². The number of hydrogen-bond acceptors (Lipinski definition) is 0. The Bertz CT molecular complexity index is 224. The van der Waals surface area contributed by atoms with Crippen LogP contribution in [0.2, 0.25) is 0 Å². The molecule has 2 rings (SSSR count). The van der Waals surface area contributed by atoms with E-state index < -0.39 is 0 Å². The monoisotopic (exact) mass is 208 g/mol. The van der Waals surface area contributed by atoms with E-state index in [0.717, 1.165) is 35.0 Å². The second-order valence-corrected chi connectivity index (χ2v) is 6.56. The topological polar surface area (TPSA) is 0 Å². The Morgan fingerprint density at radius 1 is 1.20 bits per heavy atom. The summed E-state index contributed by atoms with van der Waals surface area (Å²) in [5, 5.41) is 0. The van der Waals surface area contributed by atoms with Crippen molar-refractivity contribution in [2.45, 2.75) is 60.3 Å². The van der Waals surface area contributed by atoms with E-state index in [2.05, 4.69) is 34.6 Å². The Morgan fingerprint density at radius 2 is 1.87 bits per heavy atom. The molecule has 0 aromatic carbocycles. The number of fused-ring (bicyclic) bond motifs is 1. The smallest absolute Gasteiger partial charge is 0.0204 e. The summed E-state index contributed by atoms with van der Waals surface area (Å²) in [6.07, 6.45) is 5.91. The maximum atomic E-state index is 2.47. The maximum absolute atomic E-state index is 2.47.